The minimum absolute atomic E-state index is 0.261. The number of carbonyl (C=O) groups is 1. The highest BCUT2D eigenvalue weighted by Crippen LogP contribution is 2.28. The van der Waals surface area contributed by atoms with E-state index in [9.17, 15) is 4.79 Å². The maximum absolute atomic E-state index is 12.2. The van der Waals surface area contributed by atoms with Crippen LogP contribution in [0.1, 0.15) is 49.8 Å². The molecule has 1 aliphatic heterocycles. The van der Waals surface area contributed by atoms with Crippen molar-refractivity contribution < 1.29 is 9.53 Å². The zero-order valence-corrected chi connectivity index (χ0v) is 24.1. The van der Waals surface area contributed by atoms with Gasteiger partial charge in [0.2, 0.25) is 0 Å². The fraction of sp³-hybridized carbons (Fsp3) is 0.314. The molecule has 212 valence electrons. The lowest BCUT2D eigenvalue weighted by Crippen LogP contribution is -2.42. The minimum Gasteiger partial charge on any atom is -0.493 e. The summed E-state index contributed by atoms with van der Waals surface area (Å²) in [6.07, 6.45) is 8.15. The first kappa shape index (κ1) is 28.4. The number of carbonyl (C=O) groups excluding carboxylic acids is 1. The molecule has 4 aromatic rings. The molecule has 0 bridgehead atoms. The van der Waals surface area contributed by atoms with E-state index < -0.39 is 0 Å². The quantitative estimate of drug-likeness (QED) is 0.216. The Morgan fingerprint density at radius 1 is 0.927 bits per heavy atom. The molecule has 0 saturated carbocycles. The number of amides is 2. The van der Waals surface area contributed by atoms with Crippen LogP contribution in [0.2, 0.25) is 0 Å². The number of hydrogen-bond acceptors (Lipinski definition) is 4. The number of anilines is 1. The Bertz CT molecular complexity index is 1400. The van der Waals surface area contributed by atoms with Crippen molar-refractivity contribution >= 4 is 11.7 Å². The van der Waals surface area contributed by atoms with E-state index in [2.05, 4.69) is 82.9 Å². The minimum atomic E-state index is -0.261. The number of piperidine rings is 1. The van der Waals surface area contributed by atoms with Gasteiger partial charge in [-0.15, -0.1) is 0 Å². The summed E-state index contributed by atoms with van der Waals surface area (Å²) in [7, 11) is 0. The largest absolute Gasteiger partial charge is 0.493 e. The van der Waals surface area contributed by atoms with Crippen LogP contribution < -0.4 is 15.4 Å². The molecule has 2 atom stereocenters. The summed E-state index contributed by atoms with van der Waals surface area (Å²) in [5.41, 5.74) is 6.81. The first-order valence-corrected chi connectivity index (χ1v) is 14.6. The average molecular weight is 549 g/mol. The first-order chi connectivity index (χ1) is 20.0. The van der Waals surface area contributed by atoms with Crippen molar-refractivity contribution in [2.75, 3.05) is 11.9 Å². The van der Waals surface area contributed by atoms with Crippen LogP contribution in [0.4, 0.5) is 10.5 Å². The summed E-state index contributed by atoms with van der Waals surface area (Å²) >= 11 is 0. The number of urea groups is 1. The molecule has 1 fully saturated rings. The third-order valence-corrected chi connectivity index (χ3v) is 7.92. The summed E-state index contributed by atoms with van der Waals surface area (Å²) in [4.78, 5) is 18.9. The second-order valence-corrected chi connectivity index (χ2v) is 11.0. The van der Waals surface area contributed by atoms with Crippen LogP contribution in [-0.2, 0) is 19.5 Å². The molecule has 6 nitrogen and oxygen atoms in total. The van der Waals surface area contributed by atoms with Crippen molar-refractivity contribution in [2.24, 2.45) is 0 Å². The van der Waals surface area contributed by atoms with Crippen LogP contribution in [0.3, 0.4) is 0 Å². The maximum Gasteiger partial charge on any atom is 0.319 e. The Morgan fingerprint density at radius 3 is 2.49 bits per heavy atom. The first-order valence-electron chi connectivity index (χ1n) is 14.6. The van der Waals surface area contributed by atoms with Gasteiger partial charge < -0.3 is 15.4 Å². The molecule has 2 heterocycles. The van der Waals surface area contributed by atoms with Crippen molar-refractivity contribution in [3.05, 3.63) is 114 Å². The normalized spacial score (nSPS) is 17.1. The Kier molecular flexibility index (Phi) is 9.65. The number of likely N-dealkylation sites (tertiary alicyclic amines) is 1. The third kappa shape index (κ3) is 7.95. The number of hydrogen-bond donors (Lipinski definition) is 2. The highest BCUT2D eigenvalue weighted by molar-refractivity contribution is 5.89. The fourth-order valence-corrected chi connectivity index (χ4v) is 5.63. The van der Waals surface area contributed by atoms with Crippen LogP contribution in [0.5, 0.6) is 5.75 Å². The van der Waals surface area contributed by atoms with E-state index in [0.29, 0.717) is 30.9 Å². The number of ether oxygens (including phenoxy) is 1. The molecule has 1 aromatic heterocycles. The zero-order chi connectivity index (χ0) is 28.4. The molecule has 2 amide bonds. The molecular weight excluding hydrogens is 508 g/mol. The summed E-state index contributed by atoms with van der Waals surface area (Å²) in [6.45, 7) is 6.71. The van der Waals surface area contributed by atoms with Crippen LogP contribution in [0, 0.1) is 0 Å². The monoisotopic (exact) mass is 548 g/mol. The van der Waals surface area contributed by atoms with Gasteiger partial charge in [-0.25, -0.2) is 4.79 Å². The SMILES string of the molecule is C[C@@H]1CCC[C@H](C)N1Cc1cccc(-c2ccccc2CCOc2ccc(NC(=O)NCc3cccnc3)cc2)c1. The zero-order valence-electron chi connectivity index (χ0n) is 24.1. The Labute approximate surface area is 243 Å². The van der Waals surface area contributed by atoms with E-state index in [1.165, 1.54) is 41.5 Å². The third-order valence-electron chi connectivity index (χ3n) is 7.92. The van der Waals surface area contributed by atoms with Crippen molar-refractivity contribution in [1.82, 2.24) is 15.2 Å². The van der Waals surface area contributed by atoms with Crippen molar-refractivity contribution in [1.29, 1.82) is 0 Å². The predicted molar refractivity (Wildman–Crippen MR) is 166 cm³/mol. The lowest BCUT2D eigenvalue weighted by atomic mass is 9.94. The van der Waals surface area contributed by atoms with Gasteiger partial charge in [0.05, 0.1) is 6.61 Å². The molecule has 2 N–H and O–H groups in total. The summed E-state index contributed by atoms with van der Waals surface area (Å²) in [5, 5.41) is 5.69. The van der Waals surface area contributed by atoms with Gasteiger partial charge in [-0.1, -0.05) is 55.0 Å². The molecule has 3 aromatic carbocycles. The molecule has 1 saturated heterocycles. The number of benzene rings is 3. The summed E-state index contributed by atoms with van der Waals surface area (Å²) in [6, 6.07) is 29.9. The smallest absolute Gasteiger partial charge is 0.319 e. The molecule has 1 aliphatic rings. The summed E-state index contributed by atoms with van der Waals surface area (Å²) in [5.74, 6) is 0.774. The van der Waals surface area contributed by atoms with Gasteiger partial charge in [0.15, 0.2) is 0 Å². The van der Waals surface area contributed by atoms with Crippen LogP contribution in [-0.4, -0.2) is 34.6 Å². The van der Waals surface area contributed by atoms with Crippen LogP contribution >= 0.6 is 0 Å². The molecular formula is C35H40N4O2. The van der Waals surface area contributed by atoms with E-state index in [1.807, 2.05) is 36.4 Å². The van der Waals surface area contributed by atoms with E-state index >= 15 is 0 Å². The second-order valence-electron chi connectivity index (χ2n) is 11.0. The molecule has 0 aliphatic carbocycles. The molecule has 6 heteroatoms. The maximum atomic E-state index is 12.2. The highest BCUT2D eigenvalue weighted by atomic mass is 16.5. The van der Waals surface area contributed by atoms with Gasteiger partial charge in [-0.05, 0) is 90.9 Å². The molecule has 41 heavy (non-hydrogen) atoms. The van der Waals surface area contributed by atoms with E-state index in [4.69, 9.17) is 4.74 Å². The molecule has 0 spiro atoms. The van der Waals surface area contributed by atoms with Crippen LogP contribution in [0.15, 0.2) is 97.3 Å². The van der Waals surface area contributed by atoms with Gasteiger partial charge in [-0.3, -0.25) is 9.88 Å². The van der Waals surface area contributed by atoms with E-state index in [-0.39, 0.29) is 6.03 Å². The predicted octanol–water partition coefficient (Wildman–Crippen LogP) is 7.45. The molecule has 0 unspecified atom stereocenters. The fourth-order valence-electron chi connectivity index (χ4n) is 5.63. The number of nitrogens with zero attached hydrogens (tertiary/aromatic N) is 2. The number of rotatable bonds is 10. The molecule has 5 rings (SSSR count). The van der Waals surface area contributed by atoms with E-state index in [1.54, 1.807) is 12.4 Å². The Morgan fingerprint density at radius 2 is 1.71 bits per heavy atom. The van der Waals surface area contributed by atoms with Crippen molar-refractivity contribution in [3.8, 4) is 16.9 Å². The molecule has 0 radical (unpaired) electrons. The van der Waals surface area contributed by atoms with Crippen LogP contribution in [0.25, 0.3) is 11.1 Å². The Balaban J connectivity index is 1.14. The second kappa shape index (κ2) is 14.0. The number of aromatic nitrogens is 1. The highest BCUT2D eigenvalue weighted by Gasteiger charge is 2.24. The standard InChI is InChI=1S/C35H40N4O2/c1-26-8-5-9-27(2)39(26)25-28-10-6-13-31(22-28)34-14-4-3-12-30(34)19-21-41-33-17-15-32(16-18-33)38-35(40)37-24-29-11-7-20-36-23-29/h3-4,6-7,10-18,20,22-23,26-27H,5,8-9,19,21,24-25H2,1-2H3,(H2,37,38,40)/t26-,27+. The number of pyridine rings is 1. The lowest BCUT2D eigenvalue weighted by molar-refractivity contribution is 0.0953. The summed E-state index contributed by atoms with van der Waals surface area (Å²) < 4.78 is 6.07. The van der Waals surface area contributed by atoms with Gasteiger partial charge in [-0.2, -0.15) is 0 Å². The van der Waals surface area contributed by atoms with Gasteiger partial charge in [0.25, 0.3) is 0 Å². The number of nitrogens with one attached hydrogen (secondary N) is 2. The Hall–Kier alpha value is -4.16. The van der Waals surface area contributed by atoms with Gasteiger partial charge in [0, 0.05) is 49.7 Å². The van der Waals surface area contributed by atoms with Crippen molar-refractivity contribution in [3.63, 3.8) is 0 Å². The lowest BCUT2D eigenvalue weighted by Gasteiger charge is -2.39. The van der Waals surface area contributed by atoms with Gasteiger partial charge in [0.1, 0.15) is 5.75 Å². The average Bonchev–Trinajstić information content (AvgIpc) is 3.00. The van der Waals surface area contributed by atoms with Gasteiger partial charge >= 0.3 is 6.03 Å². The van der Waals surface area contributed by atoms with E-state index in [0.717, 1.165) is 24.3 Å². The topological polar surface area (TPSA) is 66.5 Å². The van der Waals surface area contributed by atoms with Crippen molar-refractivity contribution in [2.45, 2.75) is 64.7 Å².